The number of benzene rings is 1. The zero-order chi connectivity index (χ0) is 17.6. The van der Waals surface area contributed by atoms with Crippen LogP contribution in [0.25, 0.3) is 0 Å². The summed E-state index contributed by atoms with van der Waals surface area (Å²) in [5.41, 5.74) is 2.44. The van der Waals surface area contributed by atoms with Gasteiger partial charge in [-0.3, -0.25) is 9.78 Å². The van der Waals surface area contributed by atoms with E-state index in [4.69, 9.17) is 4.74 Å². The van der Waals surface area contributed by atoms with E-state index in [9.17, 15) is 9.90 Å². The molecule has 1 aliphatic rings. The van der Waals surface area contributed by atoms with E-state index < -0.39 is 6.10 Å². The van der Waals surface area contributed by atoms with Gasteiger partial charge >= 0.3 is 0 Å². The zero-order valence-electron chi connectivity index (χ0n) is 14.2. The summed E-state index contributed by atoms with van der Waals surface area (Å²) in [7, 11) is 0. The molecule has 0 spiro atoms. The second-order valence-corrected chi connectivity index (χ2v) is 6.32. The smallest absolute Gasteiger partial charge is 0.251 e. The monoisotopic (exact) mass is 341 g/mol. The van der Waals surface area contributed by atoms with Crippen molar-refractivity contribution in [3.63, 3.8) is 0 Å². The Morgan fingerprint density at radius 2 is 2.24 bits per heavy atom. The van der Waals surface area contributed by atoms with Gasteiger partial charge in [0.15, 0.2) is 0 Å². The minimum absolute atomic E-state index is 0.0597. The molecule has 0 aliphatic carbocycles. The quantitative estimate of drug-likeness (QED) is 0.737. The third-order valence-electron chi connectivity index (χ3n) is 4.31. The summed E-state index contributed by atoms with van der Waals surface area (Å²) in [6, 6.07) is 11.1. The summed E-state index contributed by atoms with van der Waals surface area (Å²) in [4.78, 5) is 16.5. The molecule has 1 aromatic carbocycles. The van der Waals surface area contributed by atoms with Crippen LogP contribution in [0, 0.1) is 12.8 Å². The van der Waals surface area contributed by atoms with Crippen LogP contribution in [0.4, 0.5) is 0 Å². The number of hydrogen-bond acceptors (Lipinski definition) is 5. The number of ether oxygens (including phenoxy) is 1. The molecule has 2 atom stereocenters. The Labute approximate surface area is 147 Å². The molecule has 3 N–H and O–H groups in total. The standard InChI is InChI=1S/C19H23N3O3/c1-13-5-6-17(10-21-13)25-12-14-3-2-4-15(7-14)19(24)22-9-16-8-20-11-18(16)23/h2-7,10,16,18,20,23H,8-9,11-12H2,1H3,(H,22,24)/t16-,18-/m0/s1. The highest BCUT2D eigenvalue weighted by molar-refractivity contribution is 5.94. The van der Waals surface area contributed by atoms with Crippen LogP contribution in [0.2, 0.25) is 0 Å². The summed E-state index contributed by atoms with van der Waals surface area (Å²) >= 11 is 0. The molecule has 6 nitrogen and oxygen atoms in total. The highest BCUT2D eigenvalue weighted by Gasteiger charge is 2.25. The van der Waals surface area contributed by atoms with Crippen LogP contribution in [0.5, 0.6) is 5.75 Å². The molecule has 0 bridgehead atoms. The van der Waals surface area contributed by atoms with Crippen molar-refractivity contribution in [2.75, 3.05) is 19.6 Å². The summed E-state index contributed by atoms with van der Waals surface area (Å²) < 4.78 is 5.70. The van der Waals surface area contributed by atoms with Crippen LogP contribution >= 0.6 is 0 Å². The van der Waals surface area contributed by atoms with Gasteiger partial charge in [0.1, 0.15) is 12.4 Å². The Kier molecular flexibility index (Phi) is 5.63. The minimum atomic E-state index is -0.400. The third kappa shape index (κ3) is 4.78. The first kappa shape index (κ1) is 17.4. The number of amides is 1. The van der Waals surface area contributed by atoms with Crippen molar-refractivity contribution in [3.05, 3.63) is 59.4 Å². The second-order valence-electron chi connectivity index (χ2n) is 6.32. The number of carbonyl (C=O) groups is 1. The number of nitrogens with zero attached hydrogens (tertiary/aromatic N) is 1. The minimum Gasteiger partial charge on any atom is -0.487 e. The molecule has 3 rings (SSSR count). The van der Waals surface area contributed by atoms with Gasteiger partial charge in [-0.1, -0.05) is 12.1 Å². The maximum absolute atomic E-state index is 12.3. The molecular weight excluding hydrogens is 318 g/mol. The normalized spacial score (nSPS) is 19.6. The highest BCUT2D eigenvalue weighted by atomic mass is 16.5. The van der Waals surface area contributed by atoms with Crippen LogP contribution < -0.4 is 15.4 Å². The van der Waals surface area contributed by atoms with Crippen molar-refractivity contribution in [3.8, 4) is 5.75 Å². The van der Waals surface area contributed by atoms with Gasteiger partial charge in [0.2, 0.25) is 0 Å². The number of pyridine rings is 1. The number of aliphatic hydroxyl groups excluding tert-OH is 1. The van der Waals surface area contributed by atoms with E-state index >= 15 is 0 Å². The van der Waals surface area contributed by atoms with E-state index in [1.54, 1.807) is 12.3 Å². The average Bonchev–Trinajstić information content (AvgIpc) is 3.04. The summed E-state index contributed by atoms with van der Waals surface area (Å²) in [5, 5.41) is 15.8. The van der Waals surface area contributed by atoms with Crippen molar-refractivity contribution in [2.24, 2.45) is 5.92 Å². The van der Waals surface area contributed by atoms with Gasteiger partial charge in [0.05, 0.1) is 12.3 Å². The Bertz CT molecular complexity index is 718. The first-order chi connectivity index (χ1) is 12.1. The number of aryl methyl sites for hydroxylation is 1. The Morgan fingerprint density at radius 3 is 2.96 bits per heavy atom. The zero-order valence-corrected chi connectivity index (χ0v) is 14.2. The molecule has 6 heteroatoms. The van der Waals surface area contributed by atoms with Crippen molar-refractivity contribution in [1.29, 1.82) is 0 Å². The molecule has 1 aromatic heterocycles. The third-order valence-corrected chi connectivity index (χ3v) is 4.31. The topological polar surface area (TPSA) is 83.5 Å². The molecular formula is C19H23N3O3. The van der Waals surface area contributed by atoms with E-state index in [-0.39, 0.29) is 11.8 Å². The fourth-order valence-corrected chi connectivity index (χ4v) is 2.76. The molecule has 0 saturated carbocycles. The lowest BCUT2D eigenvalue weighted by Crippen LogP contribution is -2.34. The SMILES string of the molecule is Cc1ccc(OCc2cccc(C(=O)NC[C@@H]3CNC[C@@H]3O)c2)cn1. The lowest BCUT2D eigenvalue weighted by atomic mass is 10.1. The molecule has 132 valence electrons. The average molecular weight is 341 g/mol. The Balaban J connectivity index is 1.54. The van der Waals surface area contributed by atoms with E-state index in [1.807, 2.05) is 37.3 Å². The highest BCUT2D eigenvalue weighted by Crippen LogP contribution is 2.13. The molecule has 0 radical (unpaired) electrons. The van der Waals surface area contributed by atoms with E-state index in [0.717, 1.165) is 17.8 Å². The van der Waals surface area contributed by atoms with Crippen molar-refractivity contribution < 1.29 is 14.6 Å². The van der Waals surface area contributed by atoms with Crippen LogP contribution in [0.3, 0.4) is 0 Å². The number of rotatable bonds is 6. The molecule has 1 amide bonds. The van der Waals surface area contributed by atoms with Gasteiger partial charge in [-0.2, -0.15) is 0 Å². The molecule has 0 unspecified atom stereocenters. The summed E-state index contributed by atoms with van der Waals surface area (Å²) in [5.74, 6) is 0.616. The van der Waals surface area contributed by atoms with Crippen molar-refractivity contribution in [2.45, 2.75) is 19.6 Å². The number of β-amino-alcohol motifs (C(OH)–C–C–N with tert-alkyl or cyclic N) is 1. The van der Waals surface area contributed by atoms with Crippen LogP contribution in [0.15, 0.2) is 42.6 Å². The molecule has 1 saturated heterocycles. The number of aromatic nitrogens is 1. The van der Waals surface area contributed by atoms with Crippen LogP contribution in [-0.2, 0) is 6.61 Å². The molecule has 2 heterocycles. The van der Waals surface area contributed by atoms with Gasteiger partial charge in [0.25, 0.3) is 5.91 Å². The first-order valence-electron chi connectivity index (χ1n) is 8.43. The van der Waals surface area contributed by atoms with Crippen LogP contribution in [0.1, 0.15) is 21.6 Å². The summed E-state index contributed by atoms with van der Waals surface area (Å²) in [6.07, 6.45) is 1.29. The number of nitrogens with one attached hydrogen (secondary N) is 2. The molecule has 1 fully saturated rings. The fourth-order valence-electron chi connectivity index (χ4n) is 2.76. The maximum atomic E-state index is 12.3. The largest absolute Gasteiger partial charge is 0.487 e. The Morgan fingerprint density at radius 1 is 1.36 bits per heavy atom. The van der Waals surface area contributed by atoms with E-state index in [2.05, 4.69) is 15.6 Å². The van der Waals surface area contributed by atoms with Gasteiger partial charge in [-0.15, -0.1) is 0 Å². The van der Waals surface area contributed by atoms with Gasteiger partial charge in [0, 0.05) is 36.8 Å². The maximum Gasteiger partial charge on any atom is 0.251 e. The van der Waals surface area contributed by atoms with E-state index in [1.165, 1.54) is 0 Å². The Hall–Kier alpha value is -2.44. The van der Waals surface area contributed by atoms with Gasteiger partial charge in [-0.05, 0) is 36.8 Å². The second kappa shape index (κ2) is 8.09. The van der Waals surface area contributed by atoms with Crippen molar-refractivity contribution >= 4 is 5.91 Å². The van der Waals surface area contributed by atoms with Crippen molar-refractivity contribution in [1.82, 2.24) is 15.6 Å². The predicted octanol–water partition coefficient (Wildman–Crippen LogP) is 1.28. The molecule has 1 aliphatic heterocycles. The van der Waals surface area contributed by atoms with Gasteiger partial charge < -0.3 is 20.5 Å². The van der Waals surface area contributed by atoms with E-state index in [0.29, 0.717) is 31.0 Å². The molecule has 2 aromatic rings. The number of hydrogen-bond donors (Lipinski definition) is 3. The number of aliphatic hydroxyl groups is 1. The lowest BCUT2D eigenvalue weighted by molar-refractivity contribution is 0.0927. The first-order valence-corrected chi connectivity index (χ1v) is 8.43. The number of carbonyl (C=O) groups excluding carboxylic acids is 1. The van der Waals surface area contributed by atoms with Crippen LogP contribution in [-0.4, -0.2) is 41.7 Å². The molecule has 25 heavy (non-hydrogen) atoms. The van der Waals surface area contributed by atoms with Gasteiger partial charge in [-0.25, -0.2) is 0 Å². The lowest BCUT2D eigenvalue weighted by Gasteiger charge is -2.14. The summed E-state index contributed by atoms with van der Waals surface area (Å²) in [6.45, 7) is 4.06. The predicted molar refractivity (Wildman–Crippen MR) is 94.4 cm³/mol. The fraction of sp³-hybridized carbons (Fsp3) is 0.368.